The van der Waals surface area contributed by atoms with Crippen molar-refractivity contribution in [2.75, 3.05) is 0 Å². The summed E-state index contributed by atoms with van der Waals surface area (Å²) >= 11 is 3.40. The molecule has 0 spiro atoms. The number of likely N-dealkylation sites (tertiary alicyclic amines) is 1. The number of carbonyl (C=O) groups excluding carboxylic acids is 1. The average molecular weight is 343 g/mol. The highest BCUT2D eigenvalue weighted by Gasteiger charge is 2.35. The topological polar surface area (TPSA) is 46.3 Å². The molecule has 3 nitrogen and oxygen atoms in total. The molecular weight excluding hydrogens is 323 g/mol. The molecule has 2 N–H and O–H groups in total. The van der Waals surface area contributed by atoms with E-state index in [2.05, 4.69) is 15.9 Å². The first-order chi connectivity index (χ1) is 9.41. The van der Waals surface area contributed by atoms with E-state index in [1.54, 1.807) is 6.07 Å². The summed E-state index contributed by atoms with van der Waals surface area (Å²) in [6, 6.07) is 4.29. The molecule has 0 aliphatic carbocycles. The maximum atomic E-state index is 13.3. The molecule has 2 rings (SSSR count). The van der Waals surface area contributed by atoms with Crippen molar-refractivity contribution in [2.45, 2.75) is 51.2 Å². The molecule has 1 amide bonds. The van der Waals surface area contributed by atoms with Gasteiger partial charge in [0.2, 0.25) is 5.91 Å². The van der Waals surface area contributed by atoms with Gasteiger partial charge in [0, 0.05) is 23.0 Å². The van der Waals surface area contributed by atoms with Gasteiger partial charge in [0.15, 0.2) is 0 Å². The molecule has 1 saturated heterocycles. The second-order valence-corrected chi connectivity index (χ2v) is 6.42. The summed E-state index contributed by atoms with van der Waals surface area (Å²) in [5, 5.41) is 0. The monoisotopic (exact) mass is 342 g/mol. The van der Waals surface area contributed by atoms with Gasteiger partial charge in [-0.3, -0.25) is 4.79 Å². The van der Waals surface area contributed by atoms with Crippen LogP contribution in [0.15, 0.2) is 22.7 Å². The third-order valence-electron chi connectivity index (χ3n) is 3.76. The van der Waals surface area contributed by atoms with E-state index in [9.17, 15) is 9.18 Å². The molecule has 1 fully saturated rings. The second-order valence-electron chi connectivity index (χ2n) is 5.56. The third-order valence-corrected chi connectivity index (χ3v) is 4.45. The second kappa shape index (κ2) is 6.22. The van der Waals surface area contributed by atoms with Crippen molar-refractivity contribution in [3.8, 4) is 0 Å². The molecule has 1 aliphatic heterocycles. The van der Waals surface area contributed by atoms with Gasteiger partial charge < -0.3 is 10.6 Å². The van der Waals surface area contributed by atoms with Crippen molar-refractivity contribution < 1.29 is 9.18 Å². The Morgan fingerprint density at radius 1 is 1.45 bits per heavy atom. The Morgan fingerprint density at radius 3 is 2.75 bits per heavy atom. The zero-order valence-electron chi connectivity index (χ0n) is 11.8. The van der Waals surface area contributed by atoms with Crippen LogP contribution in [-0.4, -0.2) is 22.9 Å². The Kier molecular flexibility index (Phi) is 4.81. The van der Waals surface area contributed by atoms with E-state index in [1.165, 1.54) is 12.1 Å². The molecular formula is C15H20BrFN2O. The lowest BCUT2D eigenvalue weighted by atomic mass is 9.95. The van der Waals surface area contributed by atoms with E-state index < -0.39 is 0 Å². The van der Waals surface area contributed by atoms with Gasteiger partial charge >= 0.3 is 0 Å². The molecule has 20 heavy (non-hydrogen) atoms. The Morgan fingerprint density at radius 2 is 2.15 bits per heavy atom. The minimum atomic E-state index is -0.301. The van der Waals surface area contributed by atoms with Crippen LogP contribution in [0.4, 0.5) is 4.39 Å². The van der Waals surface area contributed by atoms with Crippen LogP contribution in [-0.2, 0) is 4.79 Å². The summed E-state index contributed by atoms with van der Waals surface area (Å²) in [5.41, 5.74) is 7.18. The fraction of sp³-hybridized carbons (Fsp3) is 0.533. The number of carbonyl (C=O) groups is 1. The Hall–Kier alpha value is -0.940. The molecule has 1 aromatic rings. The summed E-state index contributed by atoms with van der Waals surface area (Å²) in [5.74, 6) is -0.181. The molecule has 2 unspecified atom stereocenters. The predicted molar refractivity (Wildman–Crippen MR) is 80.6 cm³/mol. The molecule has 1 aliphatic rings. The van der Waals surface area contributed by atoms with Gasteiger partial charge in [-0.1, -0.05) is 22.0 Å². The molecule has 5 heteroatoms. The smallest absolute Gasteiger partial charge is 0.223 e. The van der Waals surface area contributed by atoms with Crippen molar-refractivity contribution in [1.82, 2.24) is 4.90 Å². The van der Waals surface area contributed by atoms with Crippen LogP contribution in [0.5, 0.6) is 0 Å². The lowest BCUT2D eigenvalue weighted by Gasteiger charge is -2.37. The highest BCUT2D eigenvalue weighted by atomic mass is 79.9. The fourth-order valence-corrected chi connectivity index (χ4v) is 3.45. The number of hydrogen-bond donors (Lipinski definition) is 1. The zero-order chi connectivity index (χ0) is 14.9. The largest absolute Gasteiger partial charge is 0.332 e. The number of hydrogen-bond acceptors (Lipinski definition) is 2. The number of rotatable bonds is 2. The summed E-state index contributed by atoms with van der Waals surface area (Å²) in [4.78, 5) is 14.2. The van der Waals surface area contributed by atoms with Crippen molar-refractivity contribution in [2.24, 2.45) is 5.73 Å². The first-order valence-corrected chi connectivity index (χ1v) is 7.72. The molecule has 0 aromatic heterocycles. The molecule has 1 heterocycles. The van der Waals surface area contributed by atoms with E-state index in [1.807, 2.05) is 18.7 Å². The first-order valence-electron chi connectivity index (χ1n) is 6.93. The number of benzene rings is 1. The minimum absolute atomic E-state index is 0.0635. The minimum Gasteiger partial charge on any atom is -0.332 e. The van der Waals surface area contributed by atoms with E-state index in [0.717, 1.165) is 18.4 Å². The first kappa shape index (κ1) is 15.4. The maximum Gasteiger partial charge on any atom is 0.223 e. The molecule has 2 atom stereocenters. The third kappa shape index (κ3) is 3.04. The summed E-state index contributed by atoms with van der Waals surface area (Å²) in [6.45, 7) is 3.97. The van der Waals surface area contributed by atoms with Crippen LogP contribution in [0.25, 0.3) is 0 Å². The molecule has 110 valence electrons. The van der Waals surface area contributed by atoms with Gasteiger partial charge in [-0.2, -0.15) is 0 Å². The normalized spacial score (nSPS) is 24.1. The van der Waals surface area contributed by atoms with Gasteiger partial charge in [0.25, 0.3) is 0 Å². The standard InChI is InChI=1S/C15H20BrFN2O/c1-9(2)19-14(20)5-3-4-13(18)15(19)11-7-6-10(17)8-12(11)16/h6-9,13,15H,3-5,18H2,1-2H3. The van der Waals surface area contributed by atoms with Crippen molar-refractivity contribution >= 4 is 21.8 Å². The van der Waals surface area contributed by atoms with Gasteiger partial charge in [-0.15, -0.1) is 0 Å². The summed E-state index contributed by atoms with van der Waals surface area (Å²) in [6.07, 6.45) is 2.13. The Balaban J connectivity index is 2.48. The molecule has 0 radical (unpaired) electrons. The van der Waals surface area contributed by atoms with E-state index >= 15 is 0 Å². The quantitative estimate of drug-likeness (QED) is 0.895. The van der Waals surface area contributed by atoms with E-state index in [-0.39, 0.29) is 29.8 Å². The van der Waals surface area contributed by atoms with Crippen LogP contribution in [0.2, 0.25) is 0 Å². The van der Waals surface area contributed by atoms with Crippen LogP contribution >= 0.6 is 15.9 Å². The van der Waals surface area contributed by atoms with Crippen molar-refractivity contribution in [3.05, 3.63) is 34.1 Å². The highest BCUT2D eigenvalue weighted by molar-refractivity contribution is 9.10. The van der Waals surface area contributed by atoms with Gasteiger partial charge in [-0.25, -0.2) is 4.39 Å². The van der Waals surface area contributed by atoms with Crippen LogP contribution in [0.1, 0.15) is 44.7 Å². The van der Waals surface area contributed by atoms with Crippen LogP contribution in [0, 0.1) is 5.82 Å². The summed E-state index contributed by atoms with van der Waals surface area (Å²) in [7, 11) is 0. The average Bonchev–Trinajstić information content (AvgIpc) is 2.49. The number of amides is 1. The van der Waals surface area contributed by atoms with E-state index in [4.69, 9.17) is 5.73 Å². The number of halogens is 2. The Bertz CT molecular complexity index is 507. The fourth-order valence-electron chi connectivity index (χ4n) is 2.87. The highest BCUT2D eigenvalue weighted by Crippen LogP contribution is 2.35. The number of nitrogens with zero attached hydrogens (tertiary/aromatic N) is 1. The Labute approximate surface area is 127 Å². The van der Waals surface area contributed by atoms with Crippen LogP contribution < -0.4 is 5.73 Å². The predicted octanol–water partition coefficient (Wildman–Crippen LogP) is 3.38. The summed E-state index contributed by atoms with van der Waals surface area (Å²) < 4.78 is 13.9. The van der Waals surface area contributed by atoms with Crippen molar-refractivity contribution in [3.63, 3.8) is 0 Å². The zero-order valence-corrected chi connectivity index (χ0v) is 13.4. The van der Waals surface area contributed by atoms with Gasteiger partial charge in [-0.05, 0) is 44.4 Å². The SMILES string of the molecule is CC(C)N1C(=O)CCCC(N)C1c1ccc(F)cc1Br. The van der Waals surface area contributed by atoms with E-state index in [0.29, 0.717) is 10.9 Å². The van der Waals surface area contributed by atoms with Gasteiger partial charge in [0.05, 0.1) is 6.04 Å². The van der Waals surface area contributed by atoms with Crippen molar-refractivity contribution in [1.29, 1.82) is 0 Å². The lowest BCUT2D eigenvalue weighted by Crippen LogP contribution is -2.45. The molecule has 1 aromatic carbocycles. The molecule has 0 saturated carbocycles. The maximum absolute atomic E-state index is 13.3. The number of nitrogens with two attached hydrogens (primary N) is 1. The van der Waals surface area contributed by atoms with Crippen LogP contribution in [0.3, 0.4) is 0 Å². The molecule has 0 bridgehead atoms. The van der Waals surface area contributed by atoms with Gasteiger partial charge in [0.1, 0.15) is 5.82 Å². The lowest BCUT2D eigenvalue weighted by molar-refractivity contribution is -0.135.